The van der Waals surface area contributed by atoms with E-state index in [9.17, 15) is 4.79 Å². The number of unbranched alkanes of at least 4 members (excludes halogenated alkanes) is 1. The molecule has 1 unspecified atom stereocenters. The molecule has 0 N–H and O–H groups in total. The van der Waals surface area contributed by atoms with E-state index >= 15 is 0 Å². The molecule has 0 bridgehead atoms. The van der Waals surface area contributed by atoms with Gasteiger partial charge in [0.25, 0.3) is 0 Å². The highest BCUT2D eigenvalue weighted by atomic mass is 16.5. The smallest absolute Gasteiger partial charge is 0.162 e. The predicted octanol–water partition coefficient (Wildman–Crippen LogP) is 4.03. The van der Waals surface area contributed by atoms with Crippen LogP contribution in [-0.4, -0.2) is 18.5 Å². The zero-order chi connectivity index (χ0) is 14.9. The minimum absolute atomic E-state index is 0.0230. The van der Waals surface area contributed by atoms with Gasteiger partial charge in [-0.2, -0.15) is 0 Å². The molecule has 0 fully saturated rings. The molecule has 0 spiro atoms. The Hall–Kier alpha value is -1.61. The van der Waals surface area contributed by atoms with Crippen molar-refractivity contribution in [3.05, 3.63) is 47.7 Å². The van der Waals surface area contributed by atoms with Crippen molar-refractivity contribution >= 4 is 5.78 Å². The summed E-state index contributed by atoms with van der Waals surface area (Å²) in [5.74, 6) is 1.03. The monoisotopic (exact) mass is 288 g/mol. The van der Waals surface area contributed by atoms with E-state index in [0.717, 1.165) is 31.4 Å². The van der Waals surface area contributed by atoms with Crippen LogP contribution in [-0.2, 0) is 20.9 Å². The van der Waals surface area contributed by atoms with E-state index in [1.165, 1.54) is 5.56 Å². The second-order valence-electron chi connectivity index (χ2n) is 5.45. The van der Waals surface area contributed by atoms with Gasteiger partial charge < -0.3 is 9.47 Å². The second-order valence-corrected chi connectivity index (χ2v) is 5.45. The maximum Gasteiger partial charge on any atom is 0.162 e. The first-order valence-electron chi connectivity index (χ1n) is 7.79. The Balaban J connectivity index is 1.69. The standard InChI is InChI=1S/C18H24O3/c1-2-3-9-17-12-16(19)13-18(21-17)10-11-20-14-15-7-5-4-6-8-15/h4-8,12,18H,2-3,9-11,13-14H2,1H3. The Morgan fingerprint density at radius 3 is 2.86 bits per heavy atom. The summed E-state index contributed by atoms with van der Waals surface area (Å²) in [7, 11) is 0. The number of allylic oxidation sites excluding steroid dienone is 2. The number of rotatable bonds is 8. The zero-order valence-electron chi connectivity index (χ0n) is 12.7. The molecule has 0 aliphatic carbocycles. The predicted molar refractivity (Wildman–Crippen MR) is 82.8 cm³/mol. The fourth-order valence-corrected chi connectivity index (χ4v) is 2.37. The molecule has 1 aliphatic heterocycles. The van der Waals surface area contributed by atoms with E-state index in [1.807, 2.05) is 30.3 Å². The van der Waals surface area contributed by atoms with Crippen LogP contribution >= 0.6 is 0 Å². The molecule has 0 aromatic heterocycles. The Bertz CT molecular complexity index is 465. The zero-order valence-corrected chi connectivity index (χ0v) is 12.7. The fraction of sp³-hybridized carbons (Fsp3) is 0.500. The van der Waals surface area contributed by atoms with Crippen molar-refractivity contribution in [1.29, 1.82) is 0 Å². The molecule has 0 amide bonds. The number of carbonyl (C=O) groups is 1. The first-order valence-corrected chi connectivity index (χ1v) is 7.79. The van der Waals surface area contributed by atoms with Crippen molar-refractivity contribution in [2.24, 2.45) is 0 Å². The van der Waals surface area contributed by atoms with E-state index in [1.54, 1.807) is 6.08 Å². The maximum absolute atomic E-state index is 11.7. The Kier molecular flexibility index (Phi) is 6.48. The van der Waals surface area contributed by atoms with Crippen LogP contribution in [0.25, 0.3) is 0 Å². The van der Waals surface area contributed by atoms with Crippen LogP contribution in [0.3, 0.4) is 0 Å². The van der Waals surface area contributed by atoms with Gasteiger partial charge in [0.1, 0.15) is 6.10 Å². The molecule has 3 heteroatoms. The molecule has 0 radical (unpaired) electrons. The number of ether oxygens (including phenoxy) is 2. The third-order valence-electron chi connectivity index (χ3n) is 3.54. The first kappa shape index (κ1) is 15.8. The molecular weight excluding hydrogens is 264 g/mol. The fourth-order valence-electron chi connectivity index (χ4n) is 2.37. The number of carbonyl (C=O) groups excluding carboxylic acids is 1. The summed E-state index contributed by atoms with van der Waals surface area (Å²) < 4.78 is 11.5. The number of ketones is 1. The van der Waals surface area contributed by atoms with Gasteiger partial charge >= 0.3 is 0 Å². The van der Waals surface area contributed by atoms with Crippen LogP contribution in [0.15, 0.2) is 42.2 Å². The van der Waals surface area contributed by atoms with Crippen LogP contribution in [0.5, 0.6) is 0 Å². The van der Waals surface area contributed by atoms with Gasteiger partial charge in [0.15, 0.2) is 5.78 Å². The second kappa shape index (κ2) is 8.63. The van der Waals surface area contributed by atoms with E-state index in [-0.39, 0.29) is 11.9 Å². The van der Waals surface area contributed by atoms with Crippen LogP contribution in [0, 0.1) is 0 Å². The Labute approximate surface area is 127 Å². The van der Waals surface area contributed by atoms with E-state index in [2.05, 4.69) is 6.92 Å². The third kappa shape index (κ3) is 5.72. The Morgan fingerprint density at radius 1 is 1.29 bits per heavy atom. The first-order chi connectivity index (χ1) is 10.3. The number of benzene rings is 1. The highest BCUT2D eigenvalue weighted by Gasteiger charge is 2.21. The lowest BCUT2D eigenvalue weighted by molar-refractivity contribution is -0.119. The molecule has 0 saturated carbocycles. The summed E-state index contributed by atoms with van der Waals surface area (Å²) in [4.78, 5) is 11.7. The highest BCUT2D eigenvalue weighted by molar-refractivity contribution is 5.91. The lowest BCUT2D eigenvalue weighted by atomic mass is 10.0. The average molecular weight is 288 g/mol. The topological polar surface area (TPSA) is 35.5 Å². The average Bonchev–Trinajstić information content (AvgIpc) is 2.50. The van der Waals surface area contributed by atoms with Gasteiger partial charge in [-0.3, -0.25) is 4.79 Å². The molecule has 0 saturated heterocycles. The van der Waals surface area contributed by atoms with Crippen molar-refractivity contribution < 1.29 is 14.3 Å². The van der Waals surface area contributed by atoms with Gasteiger partial charge in [0, 0.05) is 25.3 Å². The lowest BCUT2D eigenvalue weighted by Gasteiger charge is -2.24. The van der Waals surface area contributed by atoms with Crippen LogP contribution in [0.4, 0.5) is 0 Å². The maximum atomic E-state index is 11.7. The van der Waals surface area contributed by atoms with E-state index in [4.69, 9.17) is 9.47 Å². The van der Waals surface area contributed by atoms with Gasteiger partial charge in [-0.1, -0.05) is 43.7 Å². The SMILES string of the molecule is CCCCC1=CC(=O)CC(CCOCc2ccccc2)O1. The minimum Gasteiger partial charge on any atom is -0.494 e. The summed E-state index contributed by atoms with van der Waals surface area (Å²) in [5.41, 5.74) is 1.17. The third-order valence-corrected chi connectivity index (χ3v) is 3.54. The number of hydrogen-bond donors (Lipinski definition) is 0. The van der Waals surface area contributed by atoms with Crippen molar-refractivity contribution in [3.63, 3.8) is 0 Å². The molecule has 1 aromatic carbocycles. The summed E-state index contributed by atoms with van der Waals surface area (Å²) in [6.07, 6.45) is 5.92. The van der Waals surface area contributed by atoms with Crippen molar-refractivity contribution in [3.8, 4) is 0 Å². The van der Waals surface area contributed by atoms with Gasteiger partial charge in [-0.05, 0) is 12.0 Å². The summed E-state index contributed by atoms with van der Waals surface area (Å²) in [6.45, 7) is 3.37. The summed E-state index contributed by atoms with van der Waals surface area (Å²) >= 11 is 0. The summed E-state index contributed by atoms with van der Waals surface area (Å²) in [6, 6.07) is 10.1. The van der Waals surface area contributed by atoms with Gasteiger partial charge in [-0.25, -0.2) is 0 Å². The normalized spacial score (nSPS) is 18.2. The van der Waals surface area contributed by atoms with E-state index in [0.29, 0.717) is 19.6 Å². The molecule has 1 aromatic rings. The highest BCUT2D eigenvalue weighted by Crippen LogP contribution is 2.21. The van der Waals surface area contributed by atoms with Gasteiger partial charge in [-0.15, -0.1) is 0 Å². The largest absolute Gasteiger partial charge is 0.494 e. The molecule has 114 valence electrons. The molecule has 1 atom stereocenters. The molecular formula is C18H24O3. The quantitative estimate of drug-likeness (QED) is 0.678. The van der Waals surface area contributed by atoms with Gasteiger partial charge in [0.05, 0.1) is 19.0 Å². The van der Waals surface area contributed by atoms with Crippen molar-refractivity contribution in [2.45, 2.75) is 51.7 Å². The van der Waals surface area contributed by atoms with Crippen molar-refractivity contribution in [2.75, 3.05) is 6.61 Å². The van der Waals surface area contributed by atoms with Crippen LogP contribution < -0.4 is 0 Å². The van der Waals surface area contributed by atoms with Gasteiger partial charge in [0.2, 0.25) is 0 Å². The number of hydrogen-bond acceptors (Lipinski definition) is 3. The van der Waals surface area contributed by atoms with Crippen molar-refractivity contribution in [1.82, 2.24) is 0 Å². The molecule has 2 rings (SSSR count). The Morgan fingerprint density at radius 2 is 2.10 bits per heavy atom. The summed E-state index contributed by atoms with van der Waals surface area (Å²) in [5, 5.41) is 0. The van der Waals surface area contributed by atoms with Crippen LogP contribution in [0.2, 0.25) is 0 Å². The van der Waals surface area contributed by atoms with E-state index < -0.39 is 0 Å². The van der Waals surface area contributed by atoms with Crippen LogP contribution in [0.1, 0.15) is 44.6 Å². The lowest BCUT2D eigenvalue weighted by Crippen LogP contribution is -2.23. The molecule has 21 heavy (non-hydrogen) atoms. The molecule has 1 heterocycles. The minimum atomic E-state index is -0.0230. The molecule has 3 nitrogen and oxygen atoms in total. The molecule has 1 aliphatic rings.